The number of alkyl halides is 1. The van der Waals surface area contributed by atoms with Gasteiger partial charge >= 0.3 is 0 Å². The molecular formula is C9H11Br2N3O. The molecule has 0 aliphatic rings. The molecule has 0 spiro atoms. The van der Waals surface area contributed by atoms with Gasteiger partial charge in [0.15, 0.2) is 0 Å². The van der Waals surface area contributed by atoms with Gasteiger partial charge in [0, 0.05) is 17.1 Å². The quantitative estimate of drug-likeness (QED) is 0.860. The van der Waals surface area contributed by atoms with E-state index in [1.165, 1.54) is 6.33 Å². The van der Waals surface area contributed by atoms with Crippen molar-refractivity contribution in [3.8, 4) is 0 Å². The lowest BCUT2D eigenvalue weighted by Gasteiger charge is -2.23. The fourth-order valence-electron chi connectivity index (χ4n) is 0.880. The average molecular weight is 337 g/mol. The van der Waals surface area contributed by atoms with E-state index in [-0.39, 0.29) is 11.4 Å². The van der Waals surface area contributed by atoms with Crippen molar-refractivity contribution in [3.05, 3.63) is 22.7 Å². The van der Waals surface area contributed by atoms with Crippen LogP contribution in [0.25, 0.3) is 0 Å². The topological polar surface area (TPSA) is 54.9 Å². The van der Waals surface area contributed by atoms with Crippen LogP contribution in [0.3, 0.4) is 0 Å². The van der Waals surface area contributed by atoms with Gasteiger partial charge in [-0.05, 0) is 29.8 Å². The summed E-state index contributed by atoms with van der Waals surface area (Å²) in [6, 6.07) is 0. The Balaban J connectivity index is 2.83. The zero-order valence-corrected chi connectivity index (χ0v) is 11.6. The molecule has 82 valence electrons. The molecule has 0 saturated heterocycles. The number of halogens is 2. The number of hydrogen-bond acceptors (Lipinski definition) is 3. The van der Waals surface area contributed by atoms with Crippen LogP contribution in [0.2, 0.25) is 0 Å². The van der Waals surface area contributed by atoms with Crippen LogP contribution in [0, 0.1) is 0 Å². The molecule has 1 N–H and O–H groups in total. The van der Waals surface area contributed by atoms with Gasteiger partial charge in [0.2, 0.25) is 0 Å². The van der Waals surface area contributed by atoms with Gasteiger partial charge in [-0.15, -0.1) is 0 Å². The molecule has 0 aliphatic heterocycles. The third-order valence-corrected chi connectivity index (χ3v) is 3.65. The number of nitrogens with one attached hydrogen (secondary N) is 1. The first-order chi connectivity index (χ1) is 6.96. The lowest BCUT2D eigenvalue weighted by molar-refractivity contribution is 0.0915. The zero-order valence-electron chi connectivity index (χ0n) is 8.42. The summed E-state index contributed by atoms with van der Waals surface area (Å²) in [6.45, 7) is 3.85. The molecule has 0 aliphatic carbocycles. The van der Waals surface area contributed by atoms with E-state index in [2.05, 4.69) is 47.1 Å². The molecule has 1 aromatic rings. The maximum atomic E-state index is 11.8. The Morgan fingerprint density at radius 3 is 2.80 bits per heavy atom. The summed E-state index contributed by atoms with van der Waals surface area (Å²) in [5.41, 5.74) is 0.0422. The summed E-state index contributed by atoms with van der Waals surface area (Å²) in [7, 11) is 0. The van der Waals surface area contributed by atoms with Crippen LogP contribution in [-0.4, -0.2) is 26.7 Å². The highest BCUT2D eigenvalue weighted by atomic mass is 79.9. The standard InChI is InChI=1S/C9H11Br2N3O/c1-9(2,4-10)14-8(15)7-6(11)3-12-5-13-7/h3,5H,4H2,1-2H3,(H,14,15). The molecule has 0 saturated carbocycles. The Kier molecular flexibility index (Phi) is 4.21. The van der Waals surface area contributed by atoms with Crippen molar-refractivity contribution >= 4 is 37.8 Å². The fraction of sp³-hybridized carbons (Fsp3) is 0.444. The first-order valence-corrected chi connectivity index (χ1v) is 6.22. The van der Waals surface area contributed by atoms with Crippen molar-refractivity contribution in [2.24, 2.45) is 0 Å². The monoisotopic (exact) mass is 335 g/mol. The van der Waals surface area contributed by atoms with Crippen LogP contribution in [0.5, 0.6) is 0 Å². The molecule has 4 nitrogen and oxygen atoms in total. The highest BCUT2D eigenvalue weighted by Gasteiger charge is 2.21. The number of carbonyl (C=O) groups excluding carboxylic acids is 1. The molecule has 0 aromatic carbocycles. The number of amides is 1. The lowest BCUT2D eigenvalue weighted by atomic mass is 10.1. The third-order valence-electron chi connectivity index (χ3n) is 1.67. The van der Waals surface area contributed by atoms with E-state index in [0.29, 0.717) is 15.5 Å². The van der Waals surface area contributed by atoms with E-state index in [4.69, 9.17) is 0 Å². The molecule has 1 heterocycles. The van der Waals surface area contributed by atoms with Crippen LogP contribution in [-0.2, 0) is 0 Å². The predicted molar refractivity (Wildman–Crippen MR) is 65.1 cm³/mol. The summed E-state index contributed by atoms with van der Waals surface area (Å²) in [6.07, 6.45) is 2.89. The van der Waals surface area contributed by atoms with Crippen molar-refractivity contribution in [3.63, 3.8) is 0 Å². The van der Waals surface area contributed by atoms with Gasteiger partial charge in [0.05, 0.1) is 4.47 Å². The van der Waals surface area contributed by atoms with Crippen molar-refractivity contribution in [1.29, 1.82) is 0 Å². The first-order valence-electron chi connectivity index (χ1n) is 4.30. The molecule has 0 fully saturated rings. The van der Waals surface area contributed by atoms with E-state index in [9.17, 15) is 4.79 Å². The van der Waals surface area contributed by atoms with Crippen LogP contribution >= 0.6 is 31.9 Å². The van der Waals surface area contributed by atoms with Gasteiger partial charge in [-0.1, -0.05) is 15.9 Å². The van der Waals surface area contributed by atoms with E-state index in [1.54, 1.807) is 6.20 Å². The molecule has 0 radical (unpaired) electrons. The van der Waals surface area contributed by atoms with Crippen LogP contribution in [0.4, 0.5) is 0 Å². The van der Waals surface area contributed by atoms with Gasteiger partial charge in [-0.3, -0.25) is 4.79 Å². The number of nitrogens with zero attached hydrogens (tertiary/aromatic N) is 2. The summed E-state index contributed by atoms with van der Waals surface area (Å²) in [4.78, 5) is 19.5. The molecule has 0 atom stereocenters. The first kappa shape index (κ1) is 12.6. The molecule has 1 amide bonds. The molecule has 0 unspecified atom stereocenters. The van der Waals surface area contributed by atoms with Crippen molar-refractivity contribution < 1.29 is 4.79 Å². The maximum Gasteiger partial charge on any atom is 0.271 e. The second kappa shape index (κ2) is 5.03. The predicted octanol–water partition coefficient (Wildman–Crippen LogP) is 2.14. The highest BCUT2D eigenvalue weighted by molar-refractivity contribution is 9.10. The maximum absolute atomic E-state index is 11.8. The number of carbonyl (C=O) groups is 1. The molecule has 6 heteroatoms. The minimum Gasteiger partial charge on any atom is -0.345 e. The van der Waals surface area contributed by atoms with E-state index in [0.717, 1.165) is 0 Å². The number of aromatic nitrogens is 2. The summed E-state index contributed by atoms with van der Waals surface area (Å²) in [5, 5.41) is 3.53. The second-order valence-electron chi connectivity index (χ2n) is 3.69. The third kappa shape index (κ3) is 3.53. The minimum atomic E-state index is -0.304. The zero-order chi connectivity index (χ0) is 11.5. The average Bonchev–Trinajstić information content (AvgIpc) is 2.17. The molecule has 1 aromatic heterocycles. The second-order valence-corrected chi connectivity index (χ2v) is 5.11. The SMILES string of the molecule is CC(C)(CBr)NC(=O)c1ncncc1Br. The normalized spacial score (nSPS) is 11.2. The van der Waals surface area contributed by atoms with Gasteiger partial charge in [-0.25, -0.2) is 9.97 Å². The smallest absolute Gasteiger partial charge is 0.271 e. The van der Waals surface area contributed by atoms with E-state index < -0.39 is 0 Å². The molecule has 1 rings (SSSR count). The van der Waals surface area contributed by atoms with Crippen molar-refractivity contribution in [2.75, 3.05) is 5.33 Å². The highest BCUT2D eigenvalue weighted by Crippen LogP contribution is 2.13. The lowest BCUT2D eigenvalue weighted by Crippen LogP contribution is -2.45. The summed E-state index contributed by atoms with van der Waals surface area (Å²) < 4.78 is 0.591. The number of rotatable bonds is 3. The van der Waals surface area contributed by atoms with Crippen LogP contribution < -0.4 is 5.32 Å². The molecule has 15 heavy (non-hydrogen) atoms. The molecular weight excluding hydrogens is 326 g/mol. The Morgan fingerprint density at radius 1 is 1.60 bits per heavy atom. The van der Waals surface area contributed by atoms with Gasteiger partial charge in [0.1, 0.15) is 12.0 Å². The largest absolute Gasteiger partial charge is 0.345 e. The summed E-state index contributed by atoms with van der Waals surface area (Å²) in [5.74, 6) is -0.214. The van der Waals surface area contributed by atoms with Crippen molar-refractivity contribution in [1.82, 2.24) is 15.3 Å². The van der Waals surface area contributed by atoms with Crippen molar-refractivity contribution in [2.45, 2.75) is 19.4 Å². The molecule has 0 bridgehead atoms. The van der Waals surface area contributed by atoms with Gasteiger partial charge < -0.3 is 5.32 Å². The van der Waals surface area contributed by atoms with Crippen LogP contribution in [0.15, 0.2) is 17.0 Å². The van der Waals surface area contributed by atoms with E-state index >= 15 is 0 Å². The van der Waals surface area contributed by atoms with E-state index in [1.807, 2.05) is 13.8 Å². The summed E-state index contributed by atoms with van der Waals surface area (Å²) >= 11 is 6.56. The van der Waals surface area contributed by atoms with Gasteiger partial charge in [-0.2, -0.15) is 0 Å². The fourth-order valence-corrected chi connectivity index (χ4v) is 1.42. The van der Waals surface area contributed by atoms with Gasteiger partial charge in [0.25, 0.3) is 5.91 Å². The Labute approximate surface area is 105 Å². The number of hydrogen-bond donors (Lipinski definition) is 1. The Morgan fingerprint density at radius 2 is 2.27 bits per heavy atom. The Hall–Kier alpha value is -0.490. The minimum absolute atomic E-state index is 0.214. The van der Waals surface area contributed by atoms with Crippen LogP contribution in [0.1, 0.15) is 24.3 Å². The Bertz CT molecular complexity index is 368.